The van der Waals surface area contributed by atoms with E-state index in [-0.39, 0.29) is 12.0 Å². The maximum absolute atomic E-state index is 5.89. The molecule has 7 nitrogen and oxygen atoms in total. The van der Waals surface area contributed by atoms with Gasteiger partial charge in [-0.2, -0.15) is 4.98 Å². The largest absolute Gasteiger partial charge is 0.489 e. The summed E-state index contributed by atoms with van der Waals surface area (Å²) in [5.41, 5.74) is 0. The van der Waals surface area contributed by atoms with Crippen LogP contribution in [0.5, 0.6) is 5.75 Å². The molecule has 0 bridgehead atoms. The molecule has 0 fully saturated rings. The quantitative estimate of drug-likeness (QED) is 0.354. The SMILES string of the molecule is CCNC(=NCC(C)Oc1ccc(Cl)cc1)NCCCc1nc(C(C)C)no1. The van der Waals surface area contributed by atoms with Crippen LogP contribution in [0.2, 0.25) is 5.02 Å². The molecule has 0 aliphatic rings. The number of aliphatic imine (C=N–C) groups is 1. The van der Waals surface area contributed by atoms with Crippen molar-refractivity contribution in [3.05, 3.63) is 41.0 Å². The number of ether oxygens (including phenoxy) is 1. The van der Waals surface area contributed by atoms with Gasteiger partial charge in [0.1, 0.15) is 11.9 Å². The zero-order valence-electron chi connectivity index (χ0n) is 17.0. The molecule has 0 spiro atoms. The van der Waals surface area contributed by atoms with Crippen LogP contribution in [0.15, 0.2) is 33.8 Å². The van der Waals surface area contributed by atoms with Crippen molar-refractivity contribution in [2.45, 2.75) is 52.6 Å². The monoisotopic (exact) mass is 407 g/mol. The summed E-state index contributed by atoms with van der Waals surface area (Å²) in [6.07, 6.45) is 1.56. The molecule has 2 rings (SSSR count). The van der Waals surface area contributed by atoms with Crippen LogP contribution in [0.25, 0.3) is 0 Å². The van der Waals surface area contributed by atoms with E-state index in [9.17, 15) is 0 Å². The van der Waals surface area contributed by atoms with E-state index in [1.54, 1.807) is 0 Å². The summed E-state index contributed by atoms with van der Waals surface area (Å²) in [7, 11) is 0. The Balaban J connectivity index is 1.75. The number of hydrogen-bond acceptors (Lipinski definition) is 5. The summed E-state index contributed by atoms with van der Waals surface area (Å²) >= 11 is 5.89. The normalized spacial score (nSPS) is 12.9. The lowest BCUT2D eigenvalue weighted by Gasteiger charge is -2.15. The minimum Gasteiger partial charge on any atom is -0.489 e. The molecule has 0 radical (unpaired) electrons. The van der Waals surface area contributed by atoms with Crippen molar-refractivity contribution in [3.63, 3.8) is 0 Å². The number of nitrogens with one attached hydrogen (secondary N) is 2. The molecule has 28 heavy (non-hydrogen) atoms. The highest BCUT2D eigenvalue weighted by atomic mass is 35.5. The molecule has 0 aliphatic heterocycles. The number of rotatable bonds is 10. The van der Waals surface area contributed by atoms with Gasteiger partial charge >= 0.3 is 0 Å². The highest BCUT2D eigenvalue weighted by Crippen LogP contribution is 2.16. The molecule has 0 amide bonds. The van der Waals surface area contributed by atoms with E-state index in [0.29, 0.717) is 17.5 Å². The van der Waals surface area contributed by atoms with Crippen LogP contribution in [0, 0.1) is 0 Å². The molecule has 154 valence electrons. The first kappa shape index (κ1) is 22.0. The molecule has 0 aliphatic carbocycles. The topological polar surface area (TPSA) is 84.6 Å². The molecule has 1 aromatic carbocycles. The Morgan fingerprint density at radius 1 is 1.21 bits per heavy atom. The van der Waals surface area contributed by atoms with Crippen LogP contribution in [-0.2, 0) is 6.42 Å². The average molecular weight is 408 g/mol. The molecule has 1 unspecified atom stereocenters. The summed E-state index contributed by atoms with van der Waals surface area (Å²) in [6, 6.07) is 7.33. The summed E-state index contributed by atoms with van der Waals surface area (Å²) in [4.78, 5) is 8.98. The number of halogens is 1. The Hall–Kier alpha value is -2.28. The van der Waals surface area contributed by atoms with Gasteiger partial charge in [-0.3, -0.25) is 0 Å². The molecule has 0 saturated carbocycles. The van der Waals surface area contributed by atoms with Crippen molar-refractivity contribution in [3.8, 4) is 5.75 Å². The summed E-state index contributed by atoms with van der Waals surface area (Å²) in [6.45, 7) is 10.2. The van der Waals surface area contributed by atoms with Crippen molar-refractivity contribution in [2.75, 3.05) is 19.6 Å². The van der Waals surface area contributed by atoms with Gasteiger partial charge in [-0.15, -0.1) is 0 Å². The third-order valence-corrected chi connectivity index (χ3v) is 4.11. The van der Waals surface area contributed by atoms with E-state index in [4.69, 9.17) is 20.9 Å². The number of aromatic nitrogens is 2. The second kappa shape index (κ2) is 11.5. The summed E-state index contributed by atoms with van der Waals surface area (Å²) in [5.74, 6) is 3.26. The van der Waals surface area contributed by atoms with Crippen LogP contribution in [0.4, 0.5) is 0 Å². The van der Waals surface area contributed by atoms with E-state index in [0.717, 1.165) is 43.5 Å². The number of benzene rings is 1. The van der Waals surface area contributed by atoms with Crippen molar-refractivity contribution >= 4 is 17.6 Å². The number of guanidine groups is 1. The highest BCUT2D eigenvalue weighted by Gasteiger charge is 2.09. The molecule has 8 heteroatoms. The molecule has 2 N–H and O–H groups in total. The van der Waals surface area contributed by atoms with Gasteiger partial charge in [0, 0.05) is 30.5 Å². The third-order valence-electron chi connectivity index (χ3n) is 3.86. The van der Waals surface area contributed by atoms with Gasteiger partial charge in [0.05, 0.1) is 6.54 Å². The fraction of sp³-hybridized carbons (Fsp3) is 0.550. The molecule has 2 aromatic rings. The highest BCUT2D eigenvalue weighted by molar-refractivity contribution is 6.30. The molecule has 1 aromatic heterocycles. The Labute approximate surface area is 171 Å². The van der Waals surface area contributed by atoms with Crippen molar-refractivity contribution in [1.29, 1.82) is 0 Å². The van der Waals surface area contributed by atoms with Gasteiger partial charge < -0.3 is 19.9 Å². The van der Waals surface area contributed by atoms with Crippen LogP contribution in [0.1, 0.15) is 51.7 Å². The van der Waals surface area contributed by atoms with Crippen molar-refractivity contribution in [1.82, 2.24) is 20.8 Å². The van der Waals surface area contributed by atoms with Gasteiger partial charge in [0.15, 0.2) is 11.8 Å². The summed E-state index contributed by atoms with van der Waals surface area (Å²) in [5, 5.41) is 11.2. The lowest BCUT2D eigenvalue weighted by Crippen LogP contribution is -2.38. The molecule has 1 heterocycles. The molecular weight excluding hydrogens is 378 g/mol. The smallest absolute Gasteiger partial charge is 0.226 e. The first-order valence-electron chi connectivity index (χ1n) is 9.74. The van der Waals surface area contributed by atoms with Crippen LogP contribution in [-0.4, -0.2) is 41.8 Å². The summed E-state index contributed by atoms with van der Waals surface area (Å²) < 4.78 is 11.1. The Morgan fingerprint density at radius 2 is 1.96 bits per heavy atom. The van der Waals surface area contributed by atoms with Crippen LogP contribution in [0.3, 0.4) is 0 Å². The Morgan fingerprint density at radius 3 is 2.61 bits per heavy atom. The lowest BCUT2D eigenvalue weighted by molar-refractivity contribution is 0.230. The molecule has 0 saturated heterocycles. The first-order valence-corrected chi connectivity index (χ1v) is 10.1. The van der Waals surface area contributed by atoms with Crippen molar-refractivity contribution in [2.24, 2.45) is 4.99 Å². The zero-order chi connectivity index (χ0) is 20.4. The molecule has 1 atom stereocenters. The van der Waals surface area contributed by atoms with Gasteiger partial charge in [-0.25, -0.2) is 4.99 Å². The Bertz CT molecular complexity index is 730. The van der Waals surface area contributed by atoms with Gasteiger partial charge in [-0.1, -0.05) is 30.6 Å². The maximum atomic E-state index is 5.89. The Kier molecular flexibility index (Phi) is 9.07. The predicted molar refractivity (Wildman–Crippen MR) is 112 cm³/mol. The van der Waals surface area contributed by atoms with Gasteiger partial charge in [0.25, 0.3) is 0 Å². The van der Waals surface area contributed by atoms with E-state index in [2.05, 4.69) is 25.8 Å². The van der Waals surface area contributed by atoms with Gasteiger partial charge in [0.2, 0.25) is 5.89 Å². The van der Waals surface area contributed by atoms with Crippen LogP contribution < -0.4 is 15.4 Å². The van der Waals surface area contributed by atoms with Gasteiger partial charge in [-0.05, 0) is 44.5 Å². The van der Waals surface area contributed by atoms with E-state index in [1.807, 2.05) is 52.0 Å². The van der Waals surface area contributed by atoms with Crippen LogP contribution >= 0.6 is 11.6 Å². The second-order valence-corrected chi connectivity index (χ2v) is 7.27. The third kappa shape index (κ3) is 7.76. The van der Waals surface area contributed by atoms with E-state index in [1.165, 1.54) is 0 Å². The van der Waals surface area contributed by atoms with E-state index >= 15 is 0 Å². The van der Waals surface area contributed by atoms with E-state index < -0.39 is 0 Å². The standard InChI is InChI=1S/C20H30ClN5O2/c1-5-22-20(23-12-6-7-18-25-19(14(2)3)26-28-18)24-13-15(4)27-17-10-8-16(21)9-11-17/h8-11,14-15H,5-7,12-13H2,1-4H3,(H2,22,23,24). The fourth-order valence-electron chi connectivity index (χ4n) is 2.39. The predicted octanol–water partition coefficient (Wildman–Crippen LogP) is 3.80. The minimum absolute atomic E-state index is 0.0514. The zero-order valence-corrected chi connectivity index (χ0v) is 17.8. The second-order valence-electron chi connectivity index (χ2n) is 6.83. The average Bonchev–Trinajstić information content (AvgIpc) is 3.14. The maximum Gasteiger partial charge on any atom is 0.226 e. The molecular formula is C20H30ClN5O2. The first-order chi connectivity index (χ1) is 13.5. The lowest BCUT2D eigenvalue weighted by atomic mass is 10.2. The minimum atomic E-state index is -0.0514. The number of hydrogen-bond donors (Lipinski definition) is 2. The van der Waals surface area contributed by atoms with Crippen molar-refractivity contribution < 1.29 is 9.26 Å². The fourth-order valence-corrected chi connectivity index (χ4v) is 2.52. The number of aryl methyl sites for hydroxylation is 1. The number of nitrogens with zero attached hydrogens (tertiary/aromatic N) is 3.